The Kier molecular flexibility index (Phi) is 7.41. The van der Waals surface area contributed by atoms with Crippen LogP contribution in [0.5, 0.6) is 0 Å². The van der Waals surface area contributed by atoms with Crippen LogP contribution in [0.3, 0.4) is 0 Å². The monoisotopic (exact) mass is 520 g/mol. The molecule has 2 aromatic rings. The minimum atomic E-state index is -5.26. The molecule has 2 rings (SSSR count). The lowest BCUT2D eigenvalue weighted by atomic mass is 10.3. The molecule has 32 heavy (non-hydrogen) atoms. The van der Waals surface area contributed by atoms with E-state index in [2.05, 4.69) is 9.97 Å². The molecule has 2 atom stereocenters. The number of alkyl halides is 12. The molecule has 2 nitrogen and oxygen atoms in total. The van der Waals surface area contributed by atoms with Gasteiger partial charge in [0.25, 0.3) is 0 Å². The lowest BCUT2D eigenvalue weighted by Crippen LogP contribution is -2.24. The molecule has 0 aliphatic rings. The molecule has 2 unspecified atom stereocenters. The third-order valence-electron chi connectivity index (χ3n) is 3.65. The molecule has 2 heterocycles. The molecule has 0 amide bonds. The predicted octanol–water partition coefficient (Wildman–Crippen LogP) is 6.21. The second-order valence-corrected chi connectivity index (χ2v) is 10.2. The molecule has 0 aromatic carbocycles. The quantitative estimate of drug-likeness (QED) is 0.354. The molecule has 0 saturated heterocycles. The summed E-state index contributed by atoms with van der Waals surface area (Å²) in [6.07, 6.45) is -20.8. The maximum Gasteiger partial charge on any atom is 0.433 e. The van der Waals surface area contributed by atoms with Crippen LogP contribution in [0.25, 0.3) is 0 Å². The normalized spacial score (nSPS) is 15.3. The summed E-state index contributed by atoms with van der Waals surface area (Å²) in [5.74, 6) is 0. The van der Waals surface area contributed by atoms with Gasteiger partial charge in [0.15, 0.2) is 11.4 Å². The van der Waals surface area contributed by atoms with Crippen molar-refractivity contribution < 1.29 is 52.7 Å². The second-order valence-electron chi connectivity index (χ2n) is 6.19. The van der Waals surface area contributed by atoms with Gasteiger partial charge in [0, 0.05) is 10.6 Å². The van der Waals surface area contributed by atoms with E-state index in [4.69, 9.17) is 0 Å². The van der Waals surface area contributed by atoms with E-state index >= 15 is 0 Å². The molecule has 0 aliphatic carbocycles. The van der Waals surface area contributed by atoms with E-state index in [0.717, 1.165) is 0 Å². The summed E-state index contributed by atoms with van der Waals surface area (Å²) in [5, 5.41) is -2.33. The fourth-order valence-corrected chi connectivity index (χ4v) is 5.58. The first-order chi connectivity index (χ1) is 14.3. The van der Waals surface area contributed by atoms with E-state index in [9.17, 15) is 52.7 Å². The number of hydrogen-bond acceptors (Lipinski definition) is 2. The van der Waals surface area contributed by atoms with Gasteiger partial charge < -0.3 is 0 Å². The number of nitrogens with zero attached hydrogens (tertiary/aromatic N) is 2. The highest BCUT2D eigenvalue weighted by atomic mass is 31.1. The van der Waals surface area contributed by atoms with Crippen molar-refractivity contribution in [3.63, 3.8) is 0 Å². The molecule has 0 spiro atoms. The molecular weight excluding hydrogens is 510 g/mol. The average Bonchev–Trinajstić information content (AvgIpc) is 2.58. The van der Waals surface area contributed by atoms with Gasteiger partial charge in [-0.2, -0.15) is 52.7 Å². The van der Waals surface area contributed by atoms with E-state index in [1.54, 1.807) is 0 Å². The summed E-state index contributed by atoms with van der Waals surface area (Å²) < 4.78 is 155. The van der Waals surface area contributed by atoms with Crippen LogP contribution in [0.1, 0.15) is 29.7 Å². The Balaban J connectivity index is 2.38. The van der Waals surface area contributed by atoms with Gasteiger partial charge in [-0.15, -0.1) is 0 Å². The van der Waals surface area contributed by atoms with Crippen LogP contribution in [0.15, 0.2) is 24.3 Å². The largest absolute Gasteiger partial charge is 0.433 e. The Labute approximate surface area is 175 Å². The van der Waals surface area contributed by atoms with Crippen LogP contribution in [0.2, 0.25) is 0 Å². The maximum atomic E-state index is 13.2. The third-order valence-corrected chi connectivity index (χ3v) is 6.81. The number of rotatable bonds is 4. The standard InChI is InChI=1S/C16H10F12N2P2/c1-6(31-7-2-4-9(13(17,18)19)29-11(7)15(23,24)25)32-8-3-5-10(14(20,21)22)30-12(8)16(26,27)28/h2-6,31-32H,1H3. The number of hydrogen-bond donors (Lipinski definition) is 0. The molecule has 0 N–H and O–H groups in total. The summed E-state index contributed by atoms with van der Waals surface area (Å²) in [7, 11) is -1.87. The Morgan fingerprint density at radius 1 is 0.562 bits per heavy atom. The Hall–Kier alpha value is -1.68. The molecule has 0 bridgehead atoms. The first-order valence-corrected chi connectivity index (χ1v) is 10.3. The van der Waals surface area contributed by atoms with E-state index in [1.165, 1.54) is 6.92 Å². The van der Waals surface area contributed by atoms with Crippen molar-refractivity contribution in [2.45, 2.75) is 37.0 Å². The molecular formula is C16H10F12N2P2. The van der Waals surface area contributed by atoms with Crippen molar-refractivity contribution in [2.75, 3.05) is 0 Å². The Bertz CT molecular complexity index is 886. The zero-order valence-corrected chi connectivity index (χ0v) is 17.3. The van der Waals surface area contributed by atoms with E-state index < -0.39 is 80.7 Å². The molecule has 16 heteroatoms. The van der Waals surface area contributed by atoms with Gasteiger partial charge in [-0.25, -0.2) is 9.97 Å². The highest BCUT2D eigenvalue weighted by Gasteiger charge is 2.42. The van der Waals surface area contributed by atoms with E-state index in [-0.39, 0.29) is 0 Å². The van der Waals surface area contributed by atoms with Crippen molar-refractivity contribution in [2.24, 2.45) is 0 Å². The third kappa shape index (κ3) is 6.66. The van der Waals surface area contributed by atoms with Crippen molar-refractivity contribution in [1.82, 2.24) is 9.97 Å². The zero-order valence-electron chi connectivity index (χ0n) is 15.3. The second kappa shape index (κ2) is 8.93. The molecule has 0 saturated carbocycles. The molecule has 178 valence electrons. The van der Waals surface area contributed by atoms with Gasteiger partial charge in [0.1, 0.15) is 11.4 Å². The van der Waals surface area contributed by atoms with Crippen LogP contribution in [-0.2, 0) is 24.7 Å². The Morgan fingerprint density at radius 3 is 1.12 bits per heavy atom. The smallest absolute Gasteiger partial charge is 0.238 e. The van der Waals surface area contributed by atoms with Gasteiger partial charge in [-0.3, -0.25) is 0 Å². The lowest BCUT2D eigenvalue weighted by Gasteiger charge is -2.20. The summed E-state index contributed by atoms with van der Waals surface area (Å²) >= 11 is 0. The SMILES string of the molecule is CC(Pc1ccc(C(F)(F)F)nc1C(F)(F)F)Pc1ccc(C(F)(F)F)nc1C(F)(F)F. The number of pyridine rings is 2. The molecule has 0 aliphatic heterocycles. The van der Waals surface area contributed by atoms with Gasteiger partial charge in [-0.1, -0.05) is 36.2 Å². The molecule has 0 fully saturated rings. The lowest BCUT2D eigenvalue weighted by molar-refractivity contribution is -0.151. The summed E-state index contributed by atoms with van der Waals surface area (Å²) in [5.41, 5.74) is -7.24. The number of aromatic nitrogens is 2. The average molecular weight is 520 g/mol. The van der Waals surface area contributed by atoms with Crippen LogP contribution >= 0.6 is 17.2 Å². The highest BCUT2D eigenvalue weighted by molar-refractivity contribution is 7.65. The summed E-state index contributed by atoms with van der Waals surface area (Å²) in [6.45, 7) is 1.21. The first kappa shape index (κ1) is 26.6. The summed E-state index contributed by atoms with van der Waals surface area (Å²) in [6, 6.07) is 1.70. The highest BCUT2D eigenvalue weighted by Crippen LogP contribution is 2.41. The van der Waals surface area contributed by atoms with Crippen molar-refractivity contribution in [1.29, 1.82) is 0 Å². The fraction of sp³-hybridized carbons (Fsp3) is 0.375. The molecule has 2 aromatic heterocycles. The van der Waals surface area contributed by atoms with E-state index in [1.807, 2.05) is 0 Å². The van der Waals surface area contributed by atoms with Crippen molar-refractivity contribution >= 4 is 27.8 Å². The van der Waals surface area contributed by atoms with Crippen LogP contribution in [-0.4, -0.2) is 15.4 Å². The van der Waals surface area contributed by atoms with Crippen LogP contribution in [0, 0.1) is 0 Å². The minimum Gasteiger partial charge on any atom is -0.238 e. The first-order valence-electron chi connectivity index (χ1n) is 8.14. The van der Waals surface area contributed by atoms with Crippen molar-refractivity contribution in [3.05, 3.63) is 47.0 Å². The minimum absolute atomic E-state index is 0.314. The van der Waals surface area contributed by atoms with Gasteiger partial charge in [-0.05, 0) is 17.5 Å². The predicted molar refractivity (Wildman–Crippen MR) is 93.8 cm³/mol. The Morgan fingerprint density at radius 2 is 0.875 bits per heavy atom. The molecule has 0 radical (unpaired) electrons. The number of halogens is 12. The van der Waals surface area contributed by atoms with Crippen LogP contribution in [0.4, 0.5) is 52.7 Å². The van der Waals surface area contributed by atoms with Crippen LogP contribution < -0.4 is 10.6 Å². The maximum absolute atomic E-state index is 13.2. The topological polar surface area (TPSA) is 25.8 Å². The zero-order chi connectivity index (χ0) is 24.7. The van der Waals surface area contributed by atoms with E-state index in [0.29, 0.717) is 24.3 Å². The van der Waals surface area contributed by atoms with Gasteiger partial charge in [0.2, 0.25) is 0 Å². The van der Waals surface area contributed by atoms with Gasteiger partial charge in [0.05, 0.1) is 0 Å². The van der Waals surface area contributed by atoms with Gasteiger partial charge >= 0.3 is 24.7 Å². The fourth-order valence-electron chi connectivity index (χ4n) is 2.40. The summed E-state index contributed by atoms with van der Waals surface area (Å²) in [4.78, 5) is 5.23. The van der Waals surface area contributed by atoms with Crippen molar-refractivity contribution in [3.8, 4) is 0 Å².